The zero-order valence-electron chi connectivity index (χ0n) is 10.6. The molecule has 0 aliphatic rings. The Kier molecular flexibility index (Phi) is 4.65. The van der Waals surface area contributed by atoms with Crippen LogP contribution < -0.4 is 10.5 Å². The molecule has 2 atom stereocenters. The molecule has 0 heterocycles. The van der Waals surface area contributed by atoms with Gasteiger partial charge in [0, 0.05) is 5.56 Å². The lowest BCUT2D eigenvalue weighted by Crippen LogP contribution is -2.20. The Morgan fingerprint density at radius 1 is 0.950 bits per heavy atom. The standard InChI is InChI=1S/C15H15F2NO2/c16-15(17)20-12-9-5-4-8-11(12)14(19)13(18)10-6-2-1-3-7-10/h1-9,13-15,19H,18H2. The van der Waals surface area contributed by atoms with Crippen LogP contribution in [0.2, 0.25) is 0 Å². The summed E-state index contributed by atoms with van der Waals surface area (Å²) in [7, 11) is 0. The maximum atomic E-state index is 12.4. The number of aliphatic hydroxyl groups excluding tert-OH is 1. The van der Waals surface area contributed by atoms with E-state index in [2.05, 4.69) is 4.74 Å². The molecule has 2 rings (SSSR count). The van der Waals surface area contributed by atoms with Crippen LogP contribution in [0.3, 0.4) is 0 Å². The second kappa shape index (κ2) is 6.45. The van der Waals surface area contributed by atoms with Crippen LogP contribution in [-0.4, -0.2) is 11.7 Å². The normalized spacial score (nSPS) is 14.1. The van der Waals surface area contributed by atoms with Crippen LogP contribution in [0.25, 0.3) is 0 Å². The lowest BCUT2D eigenvalue weighted by molar-refractivity contribution is -0.0518. The summed E-state index contributed by atoms with van der Waals surface area (Å²) in [5, 5.41) is 10.3. The van der Waals surface area contributed by atoms with Gasteiger partial charge in [-0.3, -0.25) is 0 Å². The molecule has 2 aromatic carbocycles. The molecule has 0 fully saturated rings. The Morgan fingerprint density at radius 2 is 1.55 bits per heavy atom. The molecule has 2 aromatic rings. The van der Waals surface area contributed by atoms with E-state index in [9.17, 15) is 13.9 Å². The Hall–Kier alpha value is -1.98. The molecule has 3 nitrogen and oxygen atoms in total. The highest BCUT2D eigenvalue weighted by Crippen LogP contribution is 2.33. The van der Waals surface area contributed by atoms with Crippen molar-refractivity contribution in [2.45, 2.75) is 18.8 Å². The van der Waals surface area contributed by atoms with Gasteiger partial charge < -0.3 is 15.6 Å². The van der Waals surface area contributed by atoms with Crippen molar-refractivity contribution in [3.63, 3.8) is 0 Å². The molecule has 106 valence electrons. The first-order valence-corrected chi connectivity index (χ1v) is 6.12. The number of nitrogens with two attached hydrogens (primary N) is 1. The van der Waals surface area contributed by atoms with Crippen molar-refractivity contribution in [2.24, 2.45) is 5.73 Å². The van der Waals surface area contributed by atoms with E-state index in [4.69, 9.17) is 5.73 Å². The highest BCUT2D eigenvalue weighted by molar-refractivity contribution is 5.37. The van der Waals surface area contributed by atoms with Crippen LogP contribution in [-0.2, 0) is 0 Å². The topological polar surface area (TPSA) is 55.5 Å². The van der Waals surface area contributed by atoms with Crippen molar-refractivity contribution in [2.75, 3.05) is 0 Å². The molecule has 20 heavy (non-hydrogen) atoms. The van der Waals surface area contributed by atoms with Gasteiger partial charge in [-0.05, 0) is 11.6 Å². The molecule has 0 spiro atoms. The minimum absolute atomic E-state index is 0.0682. The predicted molar refractivity (Wildman–Crippen MR) is 71.4 cm³/mol. The molecule has 3 N–H and O–H groups in total. The third kappa shape index (κ3) is 3.31. The first kappa shape index (κ1) is 14.4. The molecule has 0 bridgehead atoms. The lowest BCUT2D eigenvalue weighted by Gasteiger charge is -2.21. The van der Waals surface area contributed by atoms with Crippen LogP contribution in [0.5, 0.6) is 5.75 Å². The fourth-order valence-electron chi connectivity index (χ4n) is 1.98. The van der Waals surface area contributed by atoms with Crippen LogP contribution in [0, 0.1) is 0 Å². The minimum Gasteiger partial charge on any atom is -0.434 e. The van der Waals surface area contributed by atoms with Gasteiger partial charge in [0.25, 0.3) is 0 Å². The number of alkyl halides is 2. The highest BCUT2D eigenvalue weighted by atomic mass is 19.3. The van der Waals surface area contributed by atoms with E-state index in [-0.39, 0.29) is 11.3 Å². The van der Waals surface area contributed by atoms with Crippen LogP contribution in [0.4, 0.5) is 8.78 Å². The number of rotatable bonds is 5. The van der Waals surface area contributed by atoms with E-state index in [1.807, 2.05) is 6.07 Å². The Labute approximate surface area is 115 Å². The van der Waals surface area contributed by atoms with Gasteiger partial charge in [0.2, 0.25) is 0 Å². The average molecular weight is 279 g/mol. The van der Waals surface area contributed by atoms with E-state index in [0.717, 1.165) is 0 Å². The van der Waals surface area contributed by atoms with Gasteiger partial charge in [-0.25, -0.2) is 0 Å². The maximum absolute atomic E-state index is 12.4. The fraction of sp³-hybridized carbons (Fsp3) is 0.200. The Bertz CT molecular complexity index is 549. The molecule has 0 amide bonds. The van der Waals surface area contributed by atoms with E-state index in [1.54, 1.807) is 36.4 Å². The van der Waals surface area contributed by atoms with Crippen LogP contribution in [0.15, 0.2) is 54.6 Å². The summed E-state index contributed by atoms with van der Waals surface area (Å²) >= 11 is 0. The first-order valence-electron chi connectivity index (χ1n) is 6.12. The Morgan fingerprint density at radius 3 is 2.20 bits per heavy atom. The number of hydrogen-bond acceptors (Lipinski definition) is 3. The zero-order valence-corrected chi connectivity index (χ0v) is 10.6. The van der Waals surface area contributed by atoms with Crippen molar-refractivity contribution in [3.8, 4) is 5.75 Å². The smallest absolute Gasteiger partial charge is 0.387 e. The lowest BCUT2D eigenvalue weighted by atomic mass is 9.96. The largest absolute Gasteiger partial charge is 0.434 e. The zero-order chi connectivity index (χ0) is 14.5. The van der Waals surface area contributed by atoms with Gasteiger partial charge in [-0.15, -0.1) is 0 Å². The van der Waals surface area contributed by atoms with Crippen molar-refractivity contribution in [1.82, 2.24) is 0 Å². The van der Waals surface area contributed by atoms with E-state index >= 15 is 0 Å². The summed E-state index contributed by atoms with van der Waals surface area (Å²) in [6.07, 6.45) is -1.13. The number of ether oxygens (including phenoxy) is 1. The number of para-hydroxylation sites is 1. The molecule has 0 saturated carbocycles. The molecular formula is C15H15F2NO2. The molecule has 0 aromatic heterocycles. The summed E-state index contributed by atoms with van der Waals surface area (Å²) in [4.78, 5) is 0. The van der Waals surface area contributed by atoms with E-state index < -0.39 is 18.8 Å². The van der Waals surface area contributed by atoms with E-state index in [1.165, 1.54) is 12.1 Å². The fourth-order valence-corrected chi connectivity index (χ4v) is 1.98. The first-order chi connectivity index (χ1) is 9.59. The quantitative estimate of drug-likeness (QED) is 0.884. The van der Waals surface area contributed by atoms with Crippen molar-refractivity contribution in [1.29, 1.82) is 0 Å². The molecule has 5 heteroatoms. The second-order valence-electron chi connectivity index (χ2n) is 4.30. The van der Waals surface area contributed by atoms with Crippen LogP contribution >= 0.6 is 0 Å². The van der Waals surface area contributed by atoms with Crippen molar-refractivity contribution in [3.05, 3.63) is 65.7 Å². The van der Waals surface area contributed by atoms with Gasteiger partial charge in [0.15, 0.2) is 0 Å². The summed E-state index contributed by atoms with van der Waals surface area (Å²) in [6, 6.07) is 14.3. The van der Waals surface area contributed by atoms with Crippen molar-refractivity contribution < 1.29 is 18.6 Å². The summed E-state index contributed by atoms with van der Waals surface area (Å²) in [5.41, 5.74) is 6.93. The maximum Gasteiger partial charge on any atom is 0.387 e. The number of halogens is 2. The number of benzene rings is 2. The molecule has 0 radical (unpaired) electrons. The average Bonchev–Trinajstić information content (AvgIpc) is 2.46. The highest BCUT2D eigenvalue weighted by Gasteiger charge is 2.22. The Balaban J connectivity index is 2.27. The van der Waals surface area contributed by atoms with Crippen LogP contribution in [0.1, 0.15) is 23.3 Å². The van der Waals surface area contributed by atoms with Gasteiger partial charge in [0.1, 0.15) is 11.9 Å². The summed E-state index contributed by atoms with van der Waals surface area (Å²) < 4.78 is 29.1. The second-order valence-corrected chi connectivity index (χ2v) is 4.30. The molecule has 0 aliphatic carbocycles. The number of aliphatic hydroxyl groups is 1. The molecular weight excluding hydrogens is 264 g/mol. The van der Waals surface area contributed by atoms with Gasteiger partial charge >= 0.3 is 6.61 Å². The van der Waals surface area contributed by atoms with Gasteiger partial charge in [0.05, 0.1) is 6.04 Å². The summed E-state index contributed by atoms with van der Waals surface area (Å²) in [6.45, 7) is -2.95. The SMILES string of the molecule is NC(c1ccccc1)C(O)c1ccccc1OC(F)F. The minimum atomic E-state index is -2.95. The molecule has 0 aliphatic heterocycles. The van der Waals surface area contributed by atoms with Gasteiger partial charge in [-0.2, -0.15) is 8.78 Å². The third-order valence-electron chi connectivity index (χ3n) is 2.98. The van der Waals surface area contributed by atoms with E-state index in [0.29, 0.717) is 5.56 Å². The summed E-state index contributed by atoms with van der Waals surface area (Å²) in [5.74, 6) is -0.0682. The van der Waals surface area contributed by atoms with Gasteiger partial charge in [-0.1, -0.05) is 48.5 Å². The third-order valence-corrected chi connectivity index (χ3v) is 2.98. The van der Waals surface area contributed by atoms with Crippen molar-refractivity contribution >= 4 is 0 Å². The number of hydrogen-bond donors (Lipinski definition) is 2. The molecule has 0 saturated heterocycles. The monoisotopic (exact) mass is 279 g/mol. The molecule has 2 unspecified atom stereocenters. The predicted octanol–water partition coefficient (Wildman–Crippen LogP) is 3.02.